The lowest BCUT2D eigenvalue weighted by Gasteiger charge is -2.08. The van der Waals surface area contributed by atoms with Crippen LogP contribution in [0.15, 0.2) is 58.7 Å². The molecule has 0 fully saturated rings. The summed E-state index contributed by atoms with van der Waals surface area (Å²) in [7, 11) is 0. The molecule has 164 valence electrons. The Labute approximate surface area is 195 Å². The molecule has 0 saturated heterocycles. The molecule has 6 nitrogen and oxygen atoms in total. The summed E-state index contributed by atoms with van der Waals surface area (Å²) in [6.07, 6.45) is 0.860. The van der Waals surface area contributed by atoms with Gasteiger partial charge in [0.05, 0.1) is 11.4 Å². The Morgan fingerprint density at radius 3 is 1.35 bits per heavy atom. The Morgan fingerprint density at radius 1 is 0.677 bits per heavy atom. The minimum atomic E-state index is 0.526. The van der Waals surface area contributed by atoms with Crippen LogP contribution < -0.4 is 21.5 Å². The molecule has 0 aromatic heterocycles. The van der Waals surface area contributed by atoms with Crippen LogP contribution in [0.1, 0.15) is 49.9 Å². The molecule has 2 rings (SSSR count). The third kappa shape index (κ3) is 8.43. The van der Waals surface area contributed by atoms with Crippen molar-refractivity contribution in [3.63, 3.8) is 0 Å². The van der Waals surface area contributed by atoms with Gasteiger partial charge in [-0.05, 0) is 80.8 Å². The molecule has 0 amide bonds. The van der Waals surface area contributed by atoms with Crippen molar-refractivity contribution in [1.29, 1.82) is 0 Å². The molecule has 2 aromatic rings. The topological polar surface area (TPSA) is 72.8 Å². The number of rotatable bonds is 8. The quantitative estimate of drug-likeness (QED) is 0.277. The van der Waals surface area contributed by atoms with Crippen molar-refractivity contribution in [1.82, 2.24) is 21.5 Å². The zero-order valence-corrected chi connectivity index (χ0v) is 20.1. The predicted octanol–water partition coefficient (Wildman–Crippen LogP) is 3.69. The predicted molar refractivity (Wildman–Crippen MR) is 139 cm³/mol. The fourth-order valence-corrected chi connectivity index (χ4v) is 3.14. The Morgan fingerprint density at radius 2 is 1.03 bits per heavy atom. The molecule has 0 saturated carbocycles. The van der Waals surface area contributed by atoms with Gasteiger partial charge in [0.1, 0.15) is 0 Å². The molecule has 4 N–H and O–H groups in total. The van der Waals surface area contributed by atoms with E-state index in [1.165, 1.54) is 11.1 Å². The van der Waals surface area contributed by atoms with Gasteiger partial charge in [-0.2, -0.15) is 10.2 Å². The number of nitrogens with one attached hydrogen (secondary N) is 4. The van der Waals surface area contributed by atoms with Gasteiger partial charge in [-0.25, -0.2) is 0 Å². The second-order valence-corrected chi connectivity index (χ2v) is 7.72. The van der Waals surface area contributed by atoms with E-state index in [0.717, 1.165) is 42.1 Å². The van der Waals surface area contributed by atoms with E-state index in [-0.39, 0.29) is 0 Å². The highest BCUT2D eigenvalue weighted by atomic mass is 32.1. The monoisotopic (exact) mass is 454 g/mol. The number of hydrogen-bond acceptors (Lipinski definition) is 4. The Hall–Kier alpha value is -2.84. The smallest absolute Gasteiger partial charge is 0.186 e. The second-order valence-electron chi connectivity index (χ2n) is 6.91. The average molecular weight is 455 g/mol. The van der Waals surface area contributed by atoms with Gasteiger partial charge in [-0.1, -0.05) is 48.5 Å². The number of benzene rings is 2. The van der Waals surface area contributed by atoms with E-state index in [2.05, 4.69) is 80.2 Å². The molecule has 0 heterocycles. The van der Waals surface area contributed by atoms with E-state index in [0.29, 0.717) is 10.2 Å². The number of thiocarbonyl (C=S) groups is 2. The van der Waals surface area contributed by atoms with Crippen LogP contribution in [0.5, 0.6) is 0 Å². The van der Waals surface area contributed by atoms with Crippen molar-refractivity contribution in [2.45, 2.75) is 34.1 Å². The van der Waals surface area contributed by atoms with Crippen LogP contribution in [-0.4, -0.2) is 34.7 Å². The van der Waals surface area contributed by atoms with Crippen LogP contribution in [0.25, 0.3) is 0 Å². The van der Waals surface area contributed by atoms with Crippen molar-refractivity contribution in [3.8, 4) is 0 Å². The van der Waals surface area contributed by atoms with Crippen molar-refractivity contribution in [3.05, 3.63) is 70.8 Å². The largest absolute Gasteiger partial charge is 0.362 e. The third-order valence-electron chi connectivity index (χ3n) is 4.48. The first-order chi connectivity index (χ1) is 14.9. The van der Waals surface area contributed by atoms with Crippen LogP contribution in [0.4, 0.5) is 0 Å². The summed E-state index contributed by atoms with van der Waals surface area (Å²) in [6.45, 7) is 9.43. The van der Waals surface area contributed by atoms with Crippen LogP contribution >= 0.6 is 24.4 Å². The second kappa shape index (κ2) is 12.8. The molecular formula is C23H30N6S2. The Bertz CT molecular complexity index is 856. The number of hydrazone groups is 2. The van der Waals surface area contributed by atoms with Crippen molar-refractivity contribution < 1.29 is 0 Å². The minimum absolute atomic E-state index is 0.526. The fourth-order valence-electron chi connectivity index (χ4n) is 2.76. The summed E-state index contributed by atoms with van der Waals surface area (Å²) in [5, 5.41) is 15.7. The van der Waals surface area contributed by atoms with E-state index < -0.39 is 0 Å². The van der Waals surface area contributed by atoms with E-state index >= 15 is 0 Å². The SMILES string of the molecule is CCNC(=S)N/N=C(\C)c1ccc(Cc2ccc(/C(C)=N/NC(=S)NCC)cc2)cc1. The molecule has 0 atom stereocenters. The van der Waals surface area contributed by atoms with Crippen molar-refractivity contribution in [2.24, 2.45) is 10.2 Å². The number of nitrogens with zero attached hydrogens (tertiary/aromatic N) is 2. The maximum Gasteiger partial charge on any atom is 0.186 e. The summed E-state index contributed by atoms with van der Waals surface area (Å²) >= 11 is 10.3. The van der Waals surface area contributed by atoms with Gasteiger partial charge in [0.25, 0.3) is 0 Å². The molecule has 31 heavy (non-hydrogen) atoms. The van der Waals surface area contributed by atoms with Crippen LogP contribution in [-0.2, 0) is 6.42 Å². The van der Waals surface area contributed by atoms with Gasteiger partial charge in [-0.15, -0.1) is 0 Å². The third-order valence-corrected chi connectivity index (χ3v) is 4.95. The molecule has 0 bridgehead atoms. The van der Waals surface area contributed by atoms with E-state index in [4.69, 9.17) is 24.4 Å². The van der Waals surface area contributed by atoms with Crippen LogP contribution in [0.3, 0.4) is 0 Å². The minimum Gasteiger partial charge on any atom is -0.362 e. The van der Waals surface area contributed by atoms with Gasteiger partial charge >= 0.3 is 0 Å². The first-order valence-corrected chi connectivity index (χ1v) is 11.1. The summed E-state index contributed by atoms with van der Waals surface area (Å²) in [5.74, 6) is 0. The van der Waals surface area contributed by atoms with Gasteiger partial charge in [0, 0.05) is 13.1 Å². The highest BCUT2D eigenvalue weighted by Gasteiger charge is 2.03. The molecule has 0 spiro atoms. The highest BCUT2D eigenvalue weighted by Crippen LogP contribution is 2.13. The fraction of sp³-hybridized carbons (Fsp3) is 0.304. The molecule has 2 aromatic carbocycles. The lowest BCUT2D eigenvalue weighted by atomic mass is 10.0. The summed E-state index contributed by atoms with van der Waals surface area (Å²) in [4.78, 5) is 0. The summed E-state index contributed by atoms with van der Waals surface area (Å²) in [6, 6.07) is 16.8. The standard InChI is InChI=1S/C23H30N6S2/c1-5-24-22(30)28-26-16(3)20-11-7-18(8-12-20)15-19-9-13-21(14-10-19)17(4)27-29-23(31)25-6-2/h7-14H,5-6,15H2,1-4H3,(H2,24,28,30)(H2,25,29,31)/b26-16+,27-17+. The molecule has 8 heteroatoms. The Kier molecular flexibility index (Phi) is 10.1. The molecule has 0 aliphatic carbocycles. The first kappa shape index (κ1) is 24.4. The van der Waals surface area contributed by atoms with E-state index in [1.807, 2.05) is 27.7 Å². The molecule has 0 radical (unpaired) electrons. The lowest BCUT2D eigenvalue weighted by molar-refractivity contribution is 0.900. The molecule has 0 unspecified atom stereocenters. The Balaban J connectivity index is 1.96. The van der Waals surface area contributed by atoms with Gasteiger partial charge in [0.2, 0.25) is 0 Å². The van der Waals surface area contributed by atoms with E-state index in [9.17, 15) is 0 Å². The maximum absolute atomic E-state index is 5.13. The molecule has 0 aliphatic heterocycles. The maximum atomic E-state index is 5.13. The van der Waals surface area contributed by atoms with Crippen molar-refractivity contribution >= 4 is 46.1 Å². The average Bonchev–Trinajstić information content (AvgIpc) is 2.77. The highest BCUT2D eigenvalue weighted by molar-refractivity contribution is 7.80. The zero-order valence-electron chi connectivity index (χ0n) is 18.5. The normalized spacial score (nSPS) is 11.6. The number of hydrogen-bond donors (Lipinski definition) is 4. The van der Waals surface area contributed by atoms with E-state index in [1.54, 1.807) is 0 Å². The van der Waals surface area contributed by atoms with Gasteiger partial charge < -0.3 is 10.6 Å². The summed E-state index contributed by atoms with van der Waals surface area (Å²) in [5.41, 5.74) is 12.1. The van der Waals surface area contributed by atoms with Crippen LogP contribution in [0.2, 0.25) is 0 Å². The molecule has 0 aliphatic rings. The zero-order chi connectivity index (χ0) is 22.6. The first-order valence-electron chi connectivity index (χ1n) is 10.3. The van der Waals surface area contributed by atoms with Crippen LogP contribution in [0, 0.1) is 0 Å². The molecular weight excluding hydrogens is 424 g/mol. The van der Waals surface area contributed by atoms with Gasteiger partial charge in [-0.3, -0.25) is 10.9 Å². The lowest BCUT2D eigenvalue weighted by Crippen LogP contribution is -2.32. The van der Waals surface area contributed by atoms with Gasteiger partial charge in [0.15, 0.2) is 10.2 Å². The van der Waals surface area contributed by atoms with Crippen molar-refractivity contribution in [2.75, 3.05) is 13.1 Å². The summed E-state index contributed by atoms with van der Waals surface area (Å²) < 4.78 is 0.